The summed E-state index contributed by atoms with van der Waals surface area (Å²) in [5, 5.41) is 0. The van der Waals surface area contributed by atoms with Crippen molar-refractivity contribution in [2.75, 3.05) is 0 Å². The number of nitrogens with zero attached hydrogens (tertiary/aromatic N) is 4. The van der Waals surface area contributed by atoms with Crippen molar-refractivity contribution in [2.24, 2.45) is 47.3 Å². The Balaban J connectivity index is 0.893. The molecule has 0 N–H and O–H groups in total. The second-order valence-corrected chi connectivity index (χ2v) is 13.5. The van der Waals surface area contributed by atoms with E-state index >= 15 is 0 Å². The zero-order valence-corrected chi connectivity index (χ0v) is 22.6. The summed E-state index contributed by atoms with van der Waals surface area (Å²) in [4.78, 5) is 8.32. The van der Waals surface area contributed by atoms with Crippen LogP contribution in [0.4, 0.5) is 0 Å². The van der Waals surface area contributed by atoms with Crippen molar-refractivity contribution in [3.8, 4) is 22.3 Å². The lowest BCUT2D eigenvalue weighted by atomic mass is 9.54. The molecule has 0 aromatic carbocycles. The first-order valence-corrected chi connectivity index (χ1v) is 15.3. The minimum atomic E-state index is 0.138. The molecule has 4 aromatic rings. The Hall–Kier alpha value is -3.44. The topological polar surface area (TPSA) is 42.8 Å². The summed E-state index contributed by atoms with van der Waals surface area (Å²) in [5.41, 5.74) is 5.23. The average Bonchev–Trinajstić information content (AvgIpc) is 3.70. The van der Waals surface area contributed by atoms with Gasteiger partial charge < -0.3 is 4.74 Å². The Kier molecular flexibility index (Phi) is 4.25. The minimum Gasteiger partial charge on any atom is -0.367 e. The van der Waals surface area contributed by atoms with Crippen LogP contribution in [0.15, 0.2) is 98.1 Å². The van der Waals surface area contributed by atoms with Crippen LogP contribution in [0.1, 0.15) is 19.3 Å². The third-order valence-electron chi connectivity index (χ3n) is 12.5. The van der Waals surface area contributed by atoms with Gasteiger partial charge >= 0.3 is 0 Å². The van der Waals surface area contributed by atoms with E-state index < -0.39 is 0 Å². The highest BCUT2D eigenvalue weighted by Gasteiger charge is 2.96. The standard InChI is InChI=1S/C35H34N4O/c1-11-36-12-2-22(1)24-5-15-38(16-6-24)19-9-34-30-26-21-27-29-28(26)32(34)33(29)35(40-34,31(27)30)10-20-39-17-7-25(8-18-39)23-3-13-37-14-4-23/h1-8,11-18,26-33H,9-10,19-21H2/q+2. The van der Waals surface area contributed by atoms with Crippen LogP contribution >= 0.6 is 0 Å². The lowest BCUT2D eigenvalue weighted by Gasteiger charge is -2.47. The molecule has 0 spiro atoms. The van der Waals surface area contributed by atoms with Crippen LogP contribution in [0.25, 0.3) is 22.3 Å². The highest BCUT2D eigenvalue weighted by atomic mass is 16.5. The van der Waals surface area contributed by atoms with E-state index in [1.165, 1.54) is 41.5 Å². The van der Waals surface area contributed by atoms with Gasteiger partial charge in [0.15, 0.2) is 37.9 Å². The van der Waals surface area contributed by atoms with E-state index in [0.717, 1.165) is 60.4 Å². The Morgan fingerprint density at radius 2 is 0.975 bits per heavy atom. The summed E-state index contributed by atoms with van der Waals surface area (Å²) in [6.07, 6.45) is 20.4. The van der Waals surface area contributed by atoms with Crippen LogP contribution in [0, 0.1) is 47.3 Å². The van der Waals surface area contributed by atoms with Gasteiger partial charge in [-0.1, -0.05) is 0 Å². The molecule has 6 heterocycles. The highest BCUT2D eigenvalue weighted by Crippen LogP contribution is 2.93. The van der Waals surface area contributed by atoms with E-state index in [0.29, 0.717) is 0 Å². The van der Waals surface area contributed by atoms with Crippen LogP contribution in [-0.2, 0) is 17.8 Å². The first-order valence-electron chi connectivity index (χ1n) is 15.3. The summed E-state index contributed by atoms with van der Waals surface area (Å²) in [6, 6.07) is 17.3. The molecule has 11 rings (SSSR count). The molecule has 7 aliphatic rings. The maximum Gasteiger partial charge on any atom is 0.169 e. The van der Waals surface area contributed by atoms with Crippen LogP contribution in [0.3, 0.4) is 0 Å². The van der Waals surface area contributed by atoms with E-state index in [1.807, 2.05) is 24.8 Å². The Morgan fingerprint density at radius 1 is 0.575 bits per heavy atom. The van der Waals surface area contributed by atoms with Gasteiger partial charge in [-0.2, -0.15) is 0 Å². The van der Waals surface area contributed by atoms with Gasteiger partial charge in [0.05, 0.1) is 11.2 Å². The fraction of sp³-hybridized carbons (Fsp3) is 0.429. The van der Waals surface area contributed by atoms with Gasteiger partial charge in [-0.3, -0.25) is 9.97 Å². The number of hydrogen-bond acceptors (Lipinski definition) is 3. The van der Waals surface area contributed by atoms with E-state index in [1.54, 1.807) is 0 Å². The third kappa shape index (κ3) is 2.59. The second-order valence-electron chi connectivity index (χ2n) is 13.5. The molecule has 0 amide bonds. The molecule has 2 saturated heterocycles. The van der Waals surface area contributed by atoms with Crippen molar-refractivity contribution in [3.05, 3.63) is 98.1 Å². The van der Waals surface area contributed by atoms with Crippen molar-refractivity contribution < 1.29 is 13.9 Å². The van der Waals surface area contributed by atoms with E-state index in [2.05, 4.69) is 92.4 Å². The maximum atomic E-state index is 7.53. The fourth-order valence-electron chi connectivity index (χ4n) is 11.6. The molecule has 5 aliphatic carbocycles. The Labute approximate surface area is 234 Å². The zero-order valence-electron chi connectivity index (χ0n) is 22.6. The lowest BCUT2D eigenvalue weighted by Crippen LogP contribution is -2.53. The number of pyridine rings is 4. The van der Waals surface area contributed by atoms with Gasteiger partial charge in [-0.15, -0.1) is 0 Å². The molecule has 5 saturated carbocycles. The number of rotatable bonds is 8. The molecule has 40 heavy (non-hydrogen) atoms. The second kappa shape index (κ2) is 7.64. The van der Waals surface area contributed by atoms with Gasteiger partial charge in [0, 0.05) is 61.9 Å². The molecule has 5 heteroatoms. The van der Waals surface area contributed by atoms with E-state index in [-0.39, 0.29) is 11.2 Å². The quantitative estimate of drug-likeness (QED) is 0.311. The molecule has 4 aromatic heterocycles. The van der Waals surface area contributed by atoms with Crippen LogP contribution < -0.4 is 9.13 Å². The molecule has 10 atom stereocenters. The monoisotopic (exact) mass is 526 g/mol. The van der Waals surface area contributed by atoms with Crippen LogP contribution in [-0.4, -0.2) is 21.2 Å². The summed E-state index contributed by atoms with van der Waals surface area (Å²) in [5.74, 6) is 7.16. The summed E-state index contributed by atoms with van der Waals surface area (Å²) >= 11 is 0. The minimum absolute atomic E-state index is 0.138. The number of hydrogen-bond donors (Lipinski definition) is 0. The van der Waals surface area contributed by atoms with Gasteiger partial charge in [-0.25, -0.2) is 9.13 Å². The third-order valence-corrected chi connectivity index (χ3v) is 12.5. The predicted molar refractivity (Wildman–Crippen MR) is 148 cm³/mol. The first kappa shape index (κ1) is 22.3. The predicted octanol–water partition coefficient (Wildman–Crippen LogP) is 4.76. The fourth-order valence-corrected chi connectivity index (χ4v) is 11.6. The normalized spacial score (nSPS) is 39.9. The van der Waals surface area contributed by atoms with Crippen molar-refractivity contribution in [1.29, 1.82) is 0 Å². The largest absolute Gasteiger partial charge is 0.367 e. The SMILES string of the molecule is c1cc(-c2cc[n+](CCC34OC5(CC[n+]6ccc(-c7ccncc7)cc6)C6C7CC(C8C7C5C83)C64)cc2)ccn1. The van der Waals surface area contributed by atoms with Crippen molar-refractivity contribution >= 4 is 0 Å². The molecule has 4 bridgehead atoms. The number of ether oxygens (including phenoxy) is 1. The lowest BCUT2D eigenvalue weighted by molar-refractivity contribution is -0.699. The molecule has 10 unspecified atom stereocenters. The summed E-state index contributed by atoms with van der Waals surface area (Å²) in [7, 11) is 0. The Bertz CT molecular complexity index is 1480. The van der Waals surface area contributed by atoms with Crippen molar-refractivity contribution in [1.82, 2.24) is 9.97 Å². The smallest absolute Gasteiger partial charge is 0.169 e. The molecular weight excluding hydrogens is 492 g/mol. The average molecular weight is 527 g/mol. The molecule has 5 nitrogen and oxygen atoms in total. The van der Waals surface area contributed by atoms with Crippen LogP contribution in [0.5, 0.6) is 0 Å². The molecule has 198 valence electrons. The molecule has 2 aliphatic heterocycles. The molecular formula is C35H34N4O+2. The Morgan fingerprint density at radius 3 is 1.40 bits per heavy atom. The maximum absolute atomic E-state index is 7.53. The van der Waals surface area contributed by atoms with Gasteiger partial charge in [-0.05, 0) is 100 Å². The van der Waals surface area contributed by atoms with Gasteiger partial charge in [0.1, 0.15) is 0 Å². The van der Waals surface area contributed by atoms with Crippen molar-refractivity contribution in [2.45, 2.75) is 43.6 Å². The van der Waals surface area contributed by atoms with Crippen molar-refractivity contribution in [3.63, 3.8) is 0 Å². The van der Waals surface area contributed by atoms with E-state index in [4.69, 9.17) is 4.74 Å². The molecule has 7 fully saturated rings. The zero-order chi connectivity index (χ0) is 26.1. The van der Waals surface area contributed by atoms with Gasteiger partial charge in [0.25, 0.3) is 0 Å². The summed E-state index contributed by atoms with van der Waals surface area (Å²) < 4.78 is 12.3. The number of aromatic nitrogens is 4. The molecule has 0 radical (unpaired) electrons. The van der Waals surface area contributed by atoms with Gasteiger partial charge in [0.2, 0.25) is 0 Å². The summed E-state index contributed by atoms with van der Waals surface area (Å²) in [6.45, 7) is 2.11. The van der Waals surface area contributed by atoms with Crippen LogP contribution in [0.2, 0.25) is 0 Å². The van der Waals surface area contributed by atoms with E-state index in [9.17, 15) is 0 Å². The first-order chi connectivity index (χ1) is 19.8. The number of aryl methyl sites for hydroxylation is 2. The highest BCUT2D eigenvalue weighted by molar-refractivity contribution is 5.62.